The molecule has 1 N–H and O–H groups in total. The summed E-state index contributed by atoms with van der Waals surface area (Å²) in [6, 6.07) is 0.476. The van der Waals surface area contributed by atoms with Gasteiger partial charge in [0, 0.05) is 25.7 Å². The van der Waals surface area contributed by atoms with Gasteiger partial charge in [0.25, 0.3) is 0 Å². The maximum absolute atomic E-state index is 5.26. The molecule has 0 radical (unpaired) electrons. The van der Waals surface area contributed by atoms with Gasteiger partial charge in [0.2, 0.25) is 0 Å². The summed E-state index contributed by atoms with van der Waals surface area (Å²) >= 11 is 0. The Labute approximate surface area is 75.7 Å². The van der Waals surface area contributed by atoms with Crippen LogP contribution in [-0.2, 0) is 4.74 Å². The normalized spacial score (nSPS) is 11.9. The fraction of sp³-hybridized carbons (Fsp3) is 0.800. The van der Waals surface area contributed by atoms with Gasteiger partial charge in [0.15, 0.2) is 0 Å². The van der Waals surface area contributed by atoms with Gasteiger partial charge in [0.1, 0.15) is 0 Å². The van der Waals surface area contributed by atoms with E-state index in [-0.39, 0.29) is 0 Å². The van der Waals surface area contributed by atoms with Crippen LogP contribution < -0.4 is 5.32 Å². The Morgan fingerprint density at radius 1 is 1.50 bits per heavy atom. The molecule has 0 aliphatic carbocycles. The zero-order chi connectivity index (χ0) is 9.23. The van der Waals surface area contributed by atoms with Gasteiger partial charge in [-0.25, -0.2) is 0 Å². The van der Waals surface area contributed by atoms with Crippen molar-refractivity contribution in [1.29, 1.82) is 0 Å². The summed E-state index contributed by atoms with van der Waals surface area (Å²) in [4.78, 5) is 0. The molecule has 0 spiro atoms. The summed E-state index contributed by atoms with van der Waals surface area (Å²) in [7, 11) is 1.97. The lowest BCUT2D eigenvalue weighted by atomic mass is 10.1. The van der Waals surface area contributed by atoms with E-state index in [9.17, 15) is 0 Å². The van der Waals surface area contributed by atoms with Crippen molar-refractivity contribution in [1.82, 2.24) is 5.32 Å². The van der Waals surface area contributed by atoms with Crippen molar-refractivity contribution in [3.8, 4) is 11.8 Å². The van der Waals surface area contributed by atoms with E-state index in [4.69, 9.17) is 4.74 Å². The quantitative estimate of drug-likeness (QED) is 0.479. The maximum Gasteiger partial charge on any atom is 0.0481 e. The standard InChI is InChI=1S/C10H19NO/c1-4-6-7-10(11-3)8-9-12-5-2/h10-11H,5,7-9H2,1-3H3. The predicted octanol–water partition coefficient (Wildman–Crippen LogP) is 1.41. The minimum atomic E-state index is 0.476. The Morgan fingerprint density at radius 3 is 2.75 bits per heavy atom. The molecule has 1 atom stereocenters. The fourth-order valence-electron chi connectivity index (χ4n) is 0.944. The lowest BCUT2D eigenvalue weighted by Gasteiger charge is -2.12. The molecule has 0 saturated heterocycles. The van der Waals surface area contributed by atoms with E-state index in [2.05, 4.69) is 17.2 Å². The zero-order valence-electron chi connectivity index (χ0n) is 8.31. The summed E-state index contributed by atoms with van der Waals surface area (Å²) < 4.78 is 5.26. The Bertz CT molecular complexity index is 146. The zero-order valence-corrected chi connectivity index (χ0v) is 8.31. The van der Waals surface area contributed by atoms with E-state index >= 15 is 0 Å². The molecule has 0 aromatic heterocycles. The van der Waals surface area contributed by atoms with Gasteiger partial charge in [-0.3, -0.25) is 0 Å². The van der Waals surface area contributed by atoms with Crippen molar-refractivity contribution < 1.29 is 4.74 Å². The van der Waals surface area contributed by atoms with Crippen LogP contribution in [0.4, 0.5) is 0 Å². The third-order valence-corrected chi connectivity index (χ3v) is 1.75. The molecule has 0 fully saturated rings. The highest BCUT2D eigenvalue weighted by Gasteiger charge is 2.02. The maximum atomic E-state index is 5.26. The molecule has 2 heteroatoms. The van der Waals surface area contributed by atoms with Crippen LogP contribution in [0.15, 0.2) is 0 Å². The lowest BCUT2D eigenvalue weighted by molar-refractivity contribution is 0.137. The Morgan fingerprint density at radius 2 is 2.25 bits per heavy atom. The fourth-order valence-corrected chi connectivity index (χ4v) is 0.944. The third-order valence-electron chi connectivity index (χ3n) is 1.75. The van der Waals surface area contributed by atoms with Crippen molar-refractivity contribution >= 4 is 0 Å². The van der Waals surface area contributed by atoms with Crippen LogP contribution in [0.1, 0.15) is 26.7 Å². The van der Waals surface area contributed by atoms with Crippen molar-refractivity contribution in [2.75, 3.05) is 20.3 Å². The van der Waals surface area contributed by atoms with Crippen LogP contribution in [-0.4, -0.2) is 26.3 Å². The Balaban J connectivity index is 3.43. The molecular weight excluding hydrogens is 150 g/mol. The first kappa shape index (κ1) is 11.5. The van der Waals surface area contributed by atoms with E-state index in [0.717, 1.165) is 26.1 Å². The summed E-state index contributed by atoms with van der Waals surface area (Å²) in [6.07, 6.45) is 1.96. The van der Waals surface area contributed by atoms with E-state index < -0.39 is 0 Å². The number of hydrogen-bond acceptors (Lipinski definition) is 2. The highest BCUT2D eigenvalue weighted by molar-refractivity contribution is 4.97. The molecule has 2 nitrogen and oxygen atoms in total. The molecule has 0 saturated carbocycles. The number of ether oxygens (including phenoxy) is 1. The van der Waals surface area contributed by atoms with E-state index in [1.807, 2.05) is 20.9 Å². The average Bonchev–Trinajstić information content (AvgIpc) is 2.11. The first-order valence-electron chi connectivity index (χ1n) is 4.49. The van der Waals surface area contributed by atoms with Gasteiger partial charge in [-0.1, -0.05) is 0 Å². The summed E-state index contributed by atoms with van der Waals surface area (Å²) in [6.45, 7) is 5.51. The molecule has 0 aromatic carbocycles. The molecule has 0 bridgehead atoms. The Kier molecular flexibility index (Phi) is 8.20. The largest absolute Gasteiger partial charge is 0.382 e. The monoisotopic (exact) mass is 169 g/mol. The van der Waals surface area contributed by atoms with E-state index in [1.54, 1.807) is 0 Å². The molecule has 0 rings (SSSR count). The summed E-state index contributed by atoms with van der Waals surface area (Å²) in [5, 5.41) is 3.21. The molecule has 0 aliphatic heterocycles. The van der Waals surface area contributed by atoms with Crippen LogP contribution in [0.3, 0.4) is 0 Å². The molecule has 0 amide bonds. The summed E-state index contributed by atoms with van der Waals surface area (Å²) in [5.41, 5.74) is 0. The second kappa shape index (κ2) is 8.58. The smallest absolute Gasteiger partial charge is 0.0481 e. The molecule has 70 valence electrons. The number of rotatable bonds is 6. The first-order valence-corrected chi connectivity index (χ1v) is 4.49. The Hall–Kier alpha value is -0.520. The van der Waals surface area contributed by atoms with Crippen LogP contribution in [0.5, 0.6) is 0 Å². The van der Waals surface area contributed by atoms with Crippen molar-refractivity contribution in [3.63, 3.8) is 0 Å². The second-order valence-electron chi connectivity index (χ2n) is 2.60. The molecular formula is C10H19NO. The van der Waals surface area contributed by atoms with Crippen LogP contribution >= 0.6 is 0 Å². The van der Waals surface area contributed by atoms with Crippen LogP contribution in [0.25, 0.3) is 0 Å². The SMILES string of the molecule is CC#CCC(CCOCC)NC. The topological polar surface area (TPSA) is 21.3 Å². The minimum absolute atomic E-state index is 0.476. The lowest BCUT2D eigenvalue weighted by Crippen LogP contribution is -2.26. The highest BCUT2D eigenvalue weighted by atomic mass is 16.5. The van der Waals surface area contributed by atoms with Gasteiger partial charge < -0.3 is 10.1 Å². The predicted molar refractivity (Wildman–Crippen MR) is 52.0 cm³/mol. The van der Waals surface area contributed by atoms with Crippen LogP contribution in [0.2, 0.25) is 0 Å². The minimum Gasteiger partial charge on any atom is -0.382 e. The summed E-state index contributed by atoms with van der Waals surface area (Å²) in [5.74, 6) is 5.95. The van der Waals surface area contributed by atoms with Gasteiger partial charge in [0.05, 0.1) is 0 Å². The van der Waals surface area contributed by atoms with Crippen molar-refractivity contribution in [2.24, 2.45) is 0 Å². The molecule has 0 aromatic rings. The highest BCUT2D eigenvalue weighted by Crippen LogP contribution is 1.96. The van der Waals surface area contributed by atoms with E-state index in [1.165, 1.54) is 0 Å². The van der Waals surface area contributed by atoms with Gasteiger partial charge >= 0.3 is 0 Å². The number of hydrogen-bond donors (Lipinski definition) is 1. The second-order valence-corrected chi connectivity index (χ2v) is 2.60. The molecule has 0 heterocycles. The molecule has 0 aliphatic rings. The van der Waals surface area contributed by atoms with Crippen molar-refractivity contribution in [3.05, 3.63) is 0 Å². The average molecular weight is 169 g/mol. The number of nitrogens with one attached hydrogen (secondary N) is 1. The van der Waals surface area contributed by atoms with Crippen molar-refractivity contribution in [2.45, 2.75) is 32.7 Å². The van der Waals surface area contributed by atoms with Gasteiger partial charge in [-0.2, -0.15) is 0 Å². The van der Waals surface area contributed by atoms with Gasteiger partial charge in [-0.05, 0) is 27.3 Å². The molecule has 1 unspecified atom stereocenters. The third kappa shape index (κ3) is 6.21. The first-order chi connectivity index (χ1) is 5.85. The van der Waals surface area contributed by atoms with E-state index in [0.29, 0.717) is 6.04 Å². The van der Waals surface area contributed by atoms with Crippen LogP contribution in [0, 0.1) is 11.8 Å². The molecule has 12 heavy (non-hydrogen) atoms. The van der Waals surface area contributed by atoms with Gasteiger partial charge in [-0.15, -0.1) is 11.8 Å².